The molecule has 0 bridgehead atoms. The number of halogens is 1. The van der Waals surface area contributed by atoms with E-state index in [1.165, 1.54) is 54.3 Å². The minimum Gasteiger partial charge on any atom is -0.481 e. The van der Waals surface area contributed by atoms with E-state index in [9.17, 15) is 34.0 Å². The molecule has 2 aromatic carbocycles. The van der Waals surface area contributed by atoms with Crippen molar-refractivity contribution >= 4 is 29.2 Å². The quantitative estimate of drug-likeness (QED) is 0.235. The number of aliphatic carboxylic acids is 1. The number of carboxylic acid groups (broad SMARTS) is 1. The van der Waals surface area contributed by atoms with Gasteiger partial charge in [-0.2, -0.15) is 0 Å². The molecule has 0 saturated carbocycles. The van der Waals surface area contributed by atoms with E-state index in [2.05, 4.69) is 10.3 Å². The first-order valence-corrected chi connectivity index (χ1v) is 10.5. The second kappa shape index (κ2) is 10.8. The summed E-state index contributed by atoms with van der Waals surface area (Å²) in [5, 5.41) is 24.0. The van der Waals surface area contributed by atoms with E-state index in [-0.39, 0.29) is 30.3 Å². The fourth-order valence-electron chi connectivity index (χ4n) is 3.87. The van der Waals surface area contributed by atoms with Crippen LogP contribution in [0.3, 0.4) is 0 Å². The number of nitrogens with one attached hydrogen (secondary N) is 1. The average molecular weight is 470 g/mol. The van der Waals surface area contributed by atoms with Crippen LogP contribution in [0.4, 0.5) is 14.9 Å². The van der Waals surface area contributed by atoms with Gasteiger partial charge in [-0.25, -0.2) is 14.2 Å². The van der Waals surface area contributed by atoms with Gasteiger partial charge in [-0.1, -0.05) is 12.1 Å². The molecule has 2 unspecified atom stereocenters. The van der Waals surface area contributed by atoms with E-state index in [4.69, 9.17) is 0 Å². The first-order chi connectivity index (χ1) is 16.2. The summed E-state index contributed by atoms with van der Waals surface area (Å²) in [6.45, 7) is 1.90. The zero-order valence-corrected chi connectivity index (χ0v) is 18.3. The molecule has 0 fully saturated rings. The smallest absolute Gasteiger partial charge is 0.344 e. The lowest BCUT2D eigenvalue weighted by molar-refractivity contribution is -0.385. The Morgan fingerprint density at radius 3 is 2.59 bits per heavy atom. The number of aliphatic imine (C=N–C) groups is 1. The van der Waals surface area contributed by atoms with Gasteiger partial charge in [0.05, 0.1) is 17.5 Å². The number of ketones is 1. The van der Waals surface area contributed by atoms with Crippen molar-refractivity contribution < 1.29 is 28.8 Å². The number of hydrogen-bond acceptors (Lipinski definition) is 6. The number of carbonyl (C=O) groups is 3. The summed E-state index contributed by atoms with van der Waals surface area (Å²) in [4.78, 5) is 52.6. The number of benzene rings is 2. The number of Topliss-reactive ketones (excluding diaryl/α,β-unsaturated/α-hetero) is 1. The van der Waals surface area contributed by atoms with Crippen LogP contribution < -0.4 is 5.32 Å². The number of rotatable bonds is 10. The average Bonchev–Trinajstić information content (AvgIpc) is 2.79. The fraction of sp³-hybridized carbons (Fsp3) is 0.304. The van der Waals surface area contributed by atoms with E-state index in [1.54, 1.807) is 6.07 Å². The van der Waals surface area contributed by atoms with Crippen molar-refractivity contribution in [2.45, 2.75) is 19.4 Å². The van der Waals surface area contributed by atoms with Crippen molar-refractivity contribution in [3.63, 3.8) is 0 Å². The van der Waals surface area contributed by atoms with Crippen LogP contribution in [0.25, 0.3) is 0 Å². The van der Waals surface area contributed by atoms with Crippen molar-refractivity contribution in [2.75, 3.05) is 19.6 Å². The third kappa shape index (κ3) is 5.67. The molecule has 2 N–H and O–H groups in total. The van der Waals surface area contributed by atoms with Crippen molar-refractivity contribution in [3.05, 3.63) is 75.6 Å². The molecule has 11 heteroatoms. The molecule has 0 spiro atoms. The third-order valence-corrected chi connectivity index (χ3v) is 5.51. The summed E-state index contributed by atoms with van der Waals surface area (Å²) in [5.41, 5.74) is 0.590. The Labute approximate surface area is 194 Å². The molecule has 0 aromatic heterocycles. The third-order valence-electron chi connectivity index (χ3n) is 5.51. The summed E-state index contributed by atoms with van der Waals surface area (Å²) in [6, 6.07) is 9.12. The number of nitrogens with zero attached hydrogens (tertiary/aromatic N) is 3. The standard InChI is InChI=1S/C23H23FN4O6/c1-14-20(22(30)31)21(16-4-2-5-18(12-16)28(33)34)27(23(32)26-14)11-3-10-25-13-19(29)15-6-8-17(24)9-7-15/h2,4-9,12,20-21,25H,3,10-11,13H2,1H3,(H,30,31). The topological polar surface area (TPSA) is 142 Å². The maximum Gasteiger partial charge on any atom is 0.344 e. The molecule has 1 aliphatic heterocycles. The van der Waals surface area contributed by atoms with Gasteiger partial charge < -0.3 is 15.3 Å². The van der Waals surface area contributed by atoms with Crippen LogP contribution >= 0.6 is 0 Å². The zero-order valence-electron chi connectivity index (χ0n) is 18.3. The summed E-state index contributed by atoms with van der Waals surface area (Å²) in [5.74, 6) is -3.02. The molecular weight excluding hydrogens is 447 g/mol. The molecule has 34 heavy (non-hydrogen) atoms. The highest BCUT2D eigenvalue weighted by Gasteiger charge is 2.42. The molecule has 1 aliphatic rings. The summed E-state index contributed by atoms with van der Waals surface area (Å²) >= 11 is 0. The molecule has 1 heterocycles. The van der Waals surface area contributed by atoms with Crippen LogP contribution in [-0.4, -0.2) is 58.1 Å². The molecule has 0 radical (unpaired) electrons. The number of amides is 2. The van der Waals surface area contributed by atoms with E-state index < -0.39 is 34.7 Å². The Balaban J connectivity index is 1.70. The molecule has 0 saturated heterocycles. The lowest BCUT2D eigenvalue weighted by atomic mass is 9.86. The zero-order chi connectivity index (χ0) is 24.8. The Hall–Kier alpha value is -3.99. The molecule has 2 aromatic rings. The first kappa shape index (κ1) is 24.6. The van der Waals surface area contributed by atoms with Crippen LogP contribution in [0.1, 0.15) is 35.3 Å². The number of carbonyl (C=O) groups excluding carboxylic acids is 2. The Morgan fingerprint density at radius 1 is 1.24 bits per heavy atom. The van der Waals surface area contributed by atoms with Crippen molar-refractivity contribution in [1.29, 1.82) is 0 Å². The Morgan fingerprint density at radius 2 is 1.94 bits per heavy atom. The van der Waals surface area contributed by atoms with Gasteiger partial charge in [-0.15, -0.1) is 0 Å². The second-order valence-corrected chi connectivity index (χ2v) is 7.80. The van der Waals surface area contributed by atoms with Crippen molar-refractivity contribution in [3.8, 4) is 0 Å². The molecule has 0 aliphatic carbocycles. The summed E-state index contributed by atoms with van der Waals surface area (Å²) < 4.78 is 13.0. The van der Waals surface area contributed by atoms with Gasteiger partial charge in [0.25, 0.3) is 5.69 Å². The molecular formula is C23H23FN4O6. The van der Waals surface area contributed by atoms with Gasteiger partial charge in [0.1, 0.15) is 11.7 Å². The number of hydrogen-bond donors (Lipinski definition) is 2. The van der Waals surface area contributed by atoms with E-state index in [0.29, 0.717) is 24.1 Å². The molecule has 2 amide bonds. The van der Waals surface area contributed by atoms with Crippen LogP contribution in [-0.2, 0) is 4.79 Å². The molecule has 10 nitrogen and oxygen atoms in total. The van der Waals surface area contributed by atoms with Gasteiger partial charge in [-0.05, 0) is 49.7 Å². The van der Waals surface area contributed by atoms with E-state index in [1.807, 2.05) is 0 Å². The largest absolute Gasteiger partial charge is 0.481 e. The van der Waals surface area contributed by atoms with Crippen molar-refractivity contribution in [1.82, 2.24) is 10.2 Å². The molecule has 3 rings (SSSR count). The van der Waals surface area contributed by atoms with Crippen molar-refractivity contribution in [2.24, 2.45) is 10.9 Å². The van der Waals surface area contributed by atoms with Crippen LogP contribution in [0, 0.1) is 21.8 Å². The number of nitro groups is 1. The summed E-state index contributed by atoms with van der Waals surface area (Å²) in [7, 11) is 0. The Bertz CT molecular complexity index is 1130. The maximum absolute atomic E-state index is 13.0. The highest BCUT2D eigenvalue weighted by atomic mass is 19.1. The number of non-ortho nitro benzene ring substituents is 1. The van der Waals surface area contributed by atoms with E-state index >= 15 is 0 Å². The number of urea groups is 1. The van der Waals surface area contributed by atoms with Gasteiger partial charge in [-0.3, -0.25) is 19.7 Å². The second-order valence-electron chi connectivity index (χ2n) is 7.80. The lowest BCUT2D eigenvalue weighted by Gasteiger charge is -2.37. The predicted octanol–water partition coefficient (Wildman–Crippen LogP) is 3.23. The normalized spacial score (nSPS) is 17.9. The maximum atomic E-state index is 13.0. The first-order valence-electron chi connectivity index (χ1n) is 10.5. The van der Waals surface area contributed by atoms with Gasteiger partial charge in [0.15, 0.2) is 5.78 Å². The molecule has 2 atom stereocenters. The number of carboxylic acids is 1. The van der Waals surface area contributed by atoms with Crippen LogP contribution in [0.2, 0.25) is 0 Å². The highest BCUT2D eigenvalue weighted by Crippen LogP contribution is 2.35. The lowest BCUT2D eigenvalue weighted by Crippen LogP contribution is -2.47. The number of nitro benzene ring substituents is 1. The SMILES string of the molecule is CC1=NC(=O)N(CCCNCC(=O)c2ccc(F)cc2)C(c2cccc([N+](=O)[O-])c2)C1C(=O)O. The Kier molecular flexibility index (Phi) is 7.79. The van der Waals surface area contributed by atoms with Gasteiger partial charge >= 0.3 is 12.0 Å². The summed E-state index contributed by atoms with van der Waals surface area (Å²) in [6.07, 6.45) is 0.370. The highest BCUT2D eigenvalue weighted by molar-refractivity contribution is 6.07. The van der Waals surface area contributed by atoms with E-state index in [0.717, 1.165) is 0 Å². The fourth-order valence-corrected chi connectivity index (χ4v) is 3.87. The monoisotopic (exact) mass is 470 g/mol. The molecule has 178 valence electrons. The van der Waals surface area contributed by atoms with Crippen LogP contribution in [0.15, 0.2) is 53.5 Å². The minimum atomic E-state index is -1.20. The minimum absolute atomic E-state index is 0.00288. The van der Waals surface area contributed by atoms with Gasteiger partial charge in [0, 0.05) is 30.0 Å². The van der Waals surface area contributed by atoms with Crippen LogP contribution in [0.5, 0.6) is 0 Å². The predicted molar refractivity (Wildman–Crippen MR) is 120 cm³/mol. The van der Waals surface area contributed by atoms with Gasteiger partial charge in [0.2, 0.25) is 0 Å².